The number of benzene rings is 1. The third-order valence-electron chi connectivity index (χ3n) is 8.90. The molecule has 41 heavy (non-hydrogen) atoms. The number of aromatic hydroxyl groups is 1. The topological polar surface area (TPSA) is 149 Å². The second kappa shape index (κ2) is 10.0. The molecule has 0 aromatic heterocycles. The van der Waals surface area contributed by atoms with E-state index in [1.54, 1.807) is 23.9 Å². The molecule has 1 heterocycles. The number of nitrogens with zero attached hydrogens (tertiary/aromatic N) is 2. The van der Waals surface area contributed by atoms with Gasteiger partial charge in [-0.15, -0.1) is 0 Å². The molecule has 1 aliphatic heterocycles. The Bertz CT molecular complexity index is 1430. The van der Waals surface area contributed by atoms with Gasteiger partial charge in [-0.05, 0) is 50.0 Å². The van der Waals surface area contributed by atoms with Crippen LogP contribution in [0.3, 0.4) is 0 Å². The number of hydrogen-bond acceptors (Lipinski definition) is 9. The van der Waals surface area contributed by atoms with Crippen molar-refractivity contribution in [2.45, 2.75) is 43.4 Å². The number of nitrogens with two attached hydrogens (primary N) is 1. The summed E-state index contributed by atoms with van der Waals surface area (Å²) in [5.74, 6) is -6.30. The summed E-state index contributed by atoms with van der Waals surface area (Å²) in [6.07, 6.45) is 0.165. The Morgan fingerprint density at radius 1 is 1.32 bits per heavy atom. The summed E-state index contributed by atoms with van der Waals surface area (Å²) in [6, 6.07) is 0.513. The van der Waals surface area contributed by atoms with Crippen LogP contribution in [0, 0.1) is 17.2 Å². The summed E-state index contributed by atoms with van der Waals surface area (Å²) in [5.41, 5.74) is 3.99. The monoisotopic (exact) mass is 594 g/mol. The van der Waals surface area contributed by atoms with Gasteiger partial charge in [0.2, 0.25) is 0 Å². The molecule has 222 valence electrons. The molecule has 3 aliphatic carbocycles. The minimum Gasteiger partial charge on any atom is -0.510 e. The van der Waals surface area contributed by atoms with E-state index in [4.69, 9.17) is 32.2 Å². The molecule has 0 saturated carbocycles. The summed E-state index contributed by atoms with van der Waals surface area (Å²) >= 11 is 6.80. The Labute approximate surface area is 240 Å². The van der Waals surface area contributed by atoms with E-state index < -0.39 is 58.9 Å². The standard InChI is InChI=1S/C28H33ClF2N4O6/c1-34(2)21-15-8-12-7-14-18(16(36)9-13(20(14)29)10-35-6-5-27(30,31)11-35)22(37)17(12)25(40-3)28(15,41-4)24(32)19(23(21)38)26(33)39/h9,12,15,21,32,36,38H,5-8,10-11H2,1-4H3,(H2,33,39)/t12-,15-,21-,28+/m0/s1. The fourth-order valence-corrected chi connectivity index (χ4v) is 7.55. The third-order valence-corrected chi connectivity index (χ3v) is 9.37. The van der Waals surface area contributed by atoms with Crippen molar-refractivity contribution in [3.63, 3.8) is 0 Å². The van der Waals surface area contributed by atoms with Gasteiger partial charge in [-0.1, -0.05) is 11.6 Å². The third kappa shape index (κ3) is 4.26. The number of fused-ring (bicyclic) bond motifs is 3. The van der Waals surface area contributed by atoms with Gasteiger partial charge in [0.25, 0.3) is 11.8 Å². The van der Waals surface area contributed by atoms with Gasteiger partial charge < -0.3 is 30.8 Å². The van der Waals surface area contributed by atoms with E-state index in [-0.39, 0.29) is 65.8 Å². The van der Waals surface area contributed by atoms with Crippen LogP contribution >= 0.6 is 11.6 Å². The summed E-state index contributed by atoms with van der Waals surface area (Å²) < 4.78 is 39.4. The molecule has 0 radical (unpaired) electrons. The molecule has 5 N–H and O–H groups in total. The molecule has 0 bridgehead atoms. The van der Waals surface area contributed by atoms with Crippen LogP contribution < -0.4 is 5.73 Å². The highest BCUT2D eigenvalue weighted by Crippen LogP contribution is 2.55. The number of phenols is 1. The largest absolute Gasteiger partial charge is 0.510 e. The second-order valence-corrected chi connectivity index (χ2v) is 11.8. The lowest BCUT2D eigenvalue weighted by atomic mass is 9.58. The molecule has 5 rings (SSSR count). The van der Waals surface area contributed by atoms with Crippen molar-refractivity contribution in [2.75, 3.05) is 41.4 Å². The average Bonchev–Trinajstić information content (AvgIpc) is 3.23. The van der Waals surface area contributed by atoms with Crippen LogP contribution in [0.1, 0.15) is 34.3 Å². The molecule has 1 aromatic rings. The van der Waals surface area contributed by atoms with Gasteiger partial charge in [0.1, 0.15) is 22.8 Å². The van der Waals surface area contributed by atoms with E-state index >= 15 is 0 Å². The lowest BCUT2D eigenvalue weighted by Crippen LogP contribution is -2.64. The number of aliphatic hydroxyl groups excluding tert-OH is 1. The number of carbonyl (C=O) groups excluding carboxylic acids is 2. The van der Waals surface area contributed by atoms with Crippen LogP contribution in [-0.2, 0) is 27.2 Å². The first-order valence-electron chi connectivity index (χ1n) is 13.2. The van der Waals surface area contributed by atoms with Gasteiger partial charge in [-0.3, -0.25) is 19.4 Å². The Morgan fingerprint density at radius 2 is 2.00 bits per heavy atom. The second-order valence-electron chi connectivity index (χ2n) is 11.4. The quantitative estimate of drug-likeness (QED) is 0.393. The zero-order chi connectivity index (χ0) is 30.2. The van der Waals surface area contributed by atoms with Gasteiger partial charge >= 0.3 is 0 Å². The number of primary amides is 1. The predicted octanol–water partition coefficient (Wildman–Crippen LogP) is 2.81. The lowest BCUT2D eigenvalue weighted by molar-refractivity contribution is -0.115. The number of aliphatic hydroxyl groups is 1. The maximum Gasteiger partial charge on any atom is 0.261 e. The number of halogens is 3. The van der Waals surface area contributed by atoms with E-state index in [9.17, 15) is 28.6 Å². The molecule has 4 aliphatic rings. The molecule has 1 aromatic carbocycles. The maximum absolute atomic E-state index is 14.1. The normalized spacial score (nSPS) is 29.5. The molecule has 0 unspecified atom stereocenters. The summed E-state index contributed by atoms with van der Waals surface area (Å²) in [6.45, 7) is -0.157. The Kier molecular flexibility index (Phi) is 7.21. The minimum absolute atomic E-state index is 0.00102. The Hall–Kier alpha value is -3.06. The maximum atomic E-state index is 14.1. The first-order chi connectivity index (χ1) is 19.2. The fraction of sp³-hybridized carbons (Fsp3) is 0.536. The van der Waals surface area contributed by atoms with Crippen LogP contribution in [0.15, 0.2) is 28.7 Å². The number of methoxy groups -OCH3 is 2. The Morgan fingerprint density at radius 3 is 2.54 bits per heavy atom. The molecule has 1 fully saturated rings. The summed E-state index contributed by atoms with van der Waals surface area (Å²) in [7, 11) is 6.06. The van der Waals surface area contributed by atoms with Crippen LogP contribution in [-0.4, -0.2) is 96.4 Å². The highest BCUT2D eigenvalue weighted by atomic mass is 35.5. The van der Waals surface area contributed by atoms with Gasteiger partial charge in [0.15, 0.2) is 11.4 Å². The van der Waals surface area contributed by atoms with E-state index in [2.05, 4.69) is 0 Å². The molecule has 13 heteroatoms. The van der Waals surface area contributed by atoms with Gasteiger partial charge in [0, 0.05) is 43.1 Å². The molecular formula is C28H33ClF2N4O6. The number of likely N-dealkylation sites (tertiary alicyclic amines) is 1. The van der Waals surface area contributed by atoms with Crippen molar-refractivity contribution >= 4 is 29.0 Å². The number of ether oxygens (including phenoxy) is 2. The minimum atomic E-state index is -2.80. The lowest BCUT2D eigenvalue weighted by Gasteiger charge is -2.53. The fourth-order valence-electron chi connectivity index (χ4n) is 7.26. The first-order valence-corrected chi connectivity index (χ1v) is 13.6. The number of ketones is 1. The van der Waals surface area contributed by atoms with Crippen molar-refractivity contribution in [3.05, 3.63) is 50.4 Å². The number of alkyl halides is 2. The number of likely N-dealkylation sites (N-methyl/N-ethyl adjacent to an activating group) is 1. The van der Waals surface area contributed by atoms with Crippen molar-refractivity contribution in [1.82, 2.24) is 9.80 Å². The molecule has 1 amide bonds. The zero-order valence-corrected chi connectivity index (χ0v) is 23.9. The number of nitrogens with one attached hydrogen (secondary N) is 1. The van der Waals surface area contributed by atoms with E-state index in [0.29, 0.717) is 11.1 Å². The van der Waals surface area contributed by atoms with Crippen molar-refractivity contribution < 1.29 is 38.1 Å². The smallest absolute Gasteiger partial charge is 0.261 e. The highest BCUT2D eigenvalue weighted by Gasteiger charge is 2.63. The average molecular weight is 595 g/mol. The molecule has 4 atom stereocenters. The molecule has 0 spiro atoms. The van der Waals surface area contributed by atoms with Crippen molar-refractivity contribution in [3.8, 4) is 5.75 Å². The number of hydrogen-bond donors (Lipinski definition) is 4. The summed E-state index contributed by atoms with van der Waals surface area (Å²) in [5, 5.41) is 31.4. The van der Waals surface area contributed by atoms with Crippen LogP contribution in [0.2, 0.25) is 5.02 Å². The number of carbonyl (C=O) groups is 2. The molecular weight excluding hydrogens is 562 g/mol. The predicted molar refractivity (Wildman–Crippen MR) is 145 cm³/mol. The zero-order valence-electron chi connectivity index (χ0n) is 23.2. The van der Waals surface area contributed by atoms with Gasteiger partial charge in [-0.2, -0.15) is 0 Å². The van der Waals surface area contributed by atoms with E-state index in [0.717, 1.165) is 0 Å². The SMILES string of the molecule is COC1=C2C(=O)c3c(O)cc(CN4CCC(F)(F)C4)c(Cl)c3C[C@H]2C[C@H]2[C@H](N(C)C)C(O)=C(C(N)=O)C(=N)[C@@]12OC. The number of amides is 1. The number of Topliss-reactive ketones (excluding diaryl/α,β-unsaturated/α-hetero) is 1. The number of phenolic OH excluding ortho intramolecular Hbond substituents is 1. The number of allylic oxidation sites excluding steroid dienone is 1. The van der Waals surface area contributed by atoms with E-state index in [1.165, 1.54) is 20.3 Å². The Balaban J connectivity index is 1.66. The van der Waals surface area contributed by atoms with Gasteiger partial charge in [0.05, 0.1) is 31.0 Å². The van der Waals surface area contributed by atoms with Crippen LogP contribution in [0.25, 0.3) is 0 Å². The van der Waals surface area contributed by atoms with Crippen LogP contribution in [0.4, 0.5) is 8.78 Å². The highest BCUT2D eigenvalue weighted by molar-refractivity contribution is 6.33. The molecule has 10 nitrogen and oxygen atoms in total. The first kappa shape index (κ1) is 29.4. The van der Waals surface area contributed by atoms with Crippen LogP contribution in [0.5, 0.6) is 5.75 Å². The number of rotatable bonds is 6. The van der Waals surface area contributed by atoms with Gasteiger partial charge in [-0.25, -0.2) is 8.78 Å². The van der Waals surface area contributed by atoms with E-state index in [1.807, 2.05) is 0 Å². The van der Waals surface area contributed by atoms with Crippen molar-refractivity contribution in [1.29, 1.82) is 5.41 Å². The summed E-state index contributed by atoms with van der Waals surface area (Å²) in [4.78, 5) is 29.8. The molecule has 1 saturated heterocycles. The van der Waals surface area contributed by atoms with Crippen molar-refractivity contribution in [2.24, 2.45) is 17.6 Å².